The van der Waals surface area contributed by atoms with Gasteiger partial charge in [-0.15, -0.1) is 0 Å². The number of hydrogen-bond donors (Lipinski definition) is 0. The fourth-order valence-corrected chi connectivity index (χ4v) is 3.29. The molecule has 0 radical (unpaired) electrons. The molecule has 11 heteroatoms. The van der Waals surface area contributed by atoms with Crippen molar-refractivity contribution in [2.75, 3.05) is 6.61 Å². The molecular weight excluding hydrogens is 470 g/mol. The minimum atomic E-state index is -0.653. The van der Waals surface area contributed by atoms with Crippen molar-refractivity contribution in [2.45, 2.75) is 13.5 Å². The topological polar surface area (TPSA) is 143 Å². The lowest BCUT2D eigenvalue weighted by Crippen LogP contribution is -2.05. The second-order valence-electron chi connectivity index (χ2n) is 7.49. The van der Waals surface area contributed by atoms with E-state index < -0.39 is 15.8 Å². The van der Waals surface area contributed by atoms with E-state index in [1.54, 1.807) is 30.3 Å². The molecule has 0 spiro atoms. The third-order valence-corrected chi connectivity index (χ3v) is 5.06. The van der Waals surface area contributed by atoms with E-state index in [9.17, 15) is 25.0 Å². The van der Waals surface area contributed by atoms with E-state index in [0.717, 1.165) is 5.56 Å². The van der Waals surface area contributed by atoms with Crippen LogP contribution in [0.3, 0.4) is 0 Å². The predicted octanol–water partition coefficient (Wildman–Crippen LogP) is 4.83. The van der Waals surface area contributed by atoms with Gasteiger partial charge in [0.1, 0.15) is 6.61 Å². The lowest BCUT2D eigenvalue weighted by atomic mass is 10.1. The molecule has 0 fully saturated rings. The number of benzene rings is 3. The number of nitro benzene ring substituents is 2. The van der Waals surface area contributed by atoms with Crippen LogP contribution in [0.1, 0.15) is 23.6 Å². The Labute approximate surface area is 204 Å². The Balaban J connectivity index is 1.52. The van der Waals surface area contributed by atoms with Crippen molar-refractivity contribution in [1.82, 2.24) is 0 Å². The number of carbonyl (C=O) groups is 1. The molecule has 0 aliphatic carbocycles. The summed E-state index contributed by atoms with van der Waals surface area (Å²) in [4.78, 5) is 37.2. The lowest BCUT2D eigenvalue weighted by Gasteiger charge is -2.13. The third-order valence-electron chi connectivity index (χ3n) is 5.06. The van der Waals surface area contributed by atoms with Gasteiger partial charge in [-0.25, -0.2) is 9.79 Å². The van der Waals surface area contributed by atoms with Gasteiger partial charge in [0.15, 0.2) is 17.2 Å². The normalized spacial score (nSPS) is 13.8. The smallest absolute Gasteiger partial charge is 0.363 e. The van der Waals surface area contributed by atoms with Gasteiger partial charge in [0.2, 0.25) is 5.90 Å². The van der Waals surface area contributed by atoms with Crippen LogP contribution < -0.4 is 9.47 Å². The molecule has 0 aromatic heterocycles. The van der Waals surface area contributed by atoms with Crippen LogP contribution in [0.15, 0.2) is 77.4 Å². The van der Waals surface area contributed by atoms with Gasteiger partial charge in [0, 0.05) is 29.8 Å². The maximum atomic E-state index is 12.3. The van der Waals surface area contributed by atoms with Crippen LogP contribution in [0, 0.1) is 20.2 Å². The zero-order valence-corrected chi connectivity index (χ0v) is 19.0. The first kappa shape index (κ1) is 24.1. The number of ether oxygens (including phenoxy) is 3. The quantitative estimate of drug-likeness (QED) is 0.180. The number of cyclic esters (lactones) is 1. The molecule has 0 atom stereocenters. The fraction of sp³-hybridized carbons (Fsp3) is 0.120. The lowest BCUT2D eigenvalue weighted by molar-refractivity contribution is -0.385. The zero-order chi connectivity index (χ0) is 25.7. The van der Waals surface area contributed by atoms with Crippen molar-refractivity contribution in [3.8, 4) is 11.5 Å². The van der Waals surface area contributed by atoms with Gasteiger partial charge < -0.3 is 14.2 Å². The molecule has 0 unspecified atom stereocenters. The summed E-state index contributed by atoms with van der Waals surface area (Å²) in [6.07, 6.45) is 1.53. The molecule has 0 saturated carbocycles. The Bertz CT molecular complexity index is 1380. The second-order valence-corrected chi connectivity index (χ2v) is 7.49. The number of aliphatic imine (C=N–C) groups is 1. The fourth-order valence-electron chi connectivity index (χ4n) is 3.29. The monoisotopic (exact) mass is 489 g/mol. The number of hydrogen-bond acceptors (Lipinski definition) is 9. The molecule has 3 aromatic rings. The molecule has 0 amide bonds. The van der Waals surface area contributed by atoms with Crippen molar-refractivity contribution in [3.05, 3.63) is 109 Å². The van der Waals surface area contributed by atoms with E-state index in [1.807, 2.05) is 6.92 Å². The number of nitro groups is 2. The highest BCUT2D eigenvalue weighted by atomic mass is 16.6. The number of esters is 1. The summed E-state index contributed by atoms with van der Waals surface area (Å²) in [6, 6.07) is 16.6. The Morgan fingerprint density at radius 2 is 1.53 bits per heavy atom. The largest absolute Gasteiger partial charge is 0.490 e. The molecule has 3 aromatic carbocycles. The molecule has 4 rings (SSSR count). The molecule has 1 heterocycles. The molecule has 11 nitrogen and oxygen atoms in total. The average Bonchev–Trinajstić information content (AvgIpc) is 3.24. The third kappa shape index (κ3) is 5.53. The van der Waals surface area contributed by atoms with Gasteiger partial charge in [-0.1, -0.05) is 6.07 Å². The zero-order valence-electron chi connectivity index (χ0n) is 19.0. The average molecular weight is 489 g/mol. The first-order valence-electron chi connectivity index (χ1n) is 10.7. The molecule has 1 aliphatic rings. The summed E-state index contributed by atoms with van der Waals surface area (Å²) in [5.74, 6) is 0.301. The van der Waals surface area contributed by atoms with E-state index in [2.05, 4.69) is 4.99 Å². The first-order chi connectivity index (χ1) is 17.3. The SMILES string of the molecule is CCOc1cc(/C=C2\N=C(c3ccc([N+](=O)[O-])cc3)OC2=O)ccc1OCc1ccc([N+](=O)[O-])cc1. The molecular formula is C25H19N3O8. The van der Waals surface area contributed by atoms with Gasteiger partial charge in [-0.2, -0.15) is 0 Å². The maximum absolute atomic E-state index is 12.3. The number of non-ortho nitro benzene ring substituents is 2. The van der Waals surface area contributed by atoms with Crippen LogP contribution in [0.25, 0.3) is 6.08 Å². The molecule has 36 heavy (non-hydrogen) atoms. The minimum absolute atomic E-state index is 0.00372. The van der Waals surface area contributed by atoms with Crippen molar-refractivity contribution in [3.63, 3.8) is 0 Å². The highest BCUT2D eigenvalue weighted by molar-refractivity contribution is 6.12. The summed E-state index contributed by atoms with van der Waals surface area (Å²) in [5.41, 5.74) is 1.76. The van der Waals surface area contributed by atoms with Gasteiger partial charge in [-0.05, 0) is 60.5 Å². The van der Waals surface area contributed by atoms with Crippen molar-refractivity contribution >= 4 is 29.3 Å². The summed E-state index contributed by atoms with van der Waals surface area (Å²) >= 11 is 0. The number of carbonyl (C=O) groups excluding carboxylic acids is 1. The summed E-state index contributed by atoms with van der Waals surface area (Å²) in [6.45, 7) is 2.37. The first-order valence-corrected chi connectivity index (χ1v) is 10.7. The van der Waals surface area contributed by atoms with E-state index in [0.29, 0.717) is 29.2 Å². The van der Waals surface area contributed by atoms with Gasteiger partial charge in [0.25, 0.3) is 11.4 Å². The van der Waals surface area contributed by atoms with E-state index >= 15 is 0 Å². The molecule has 0 N–H and O–H groups in total. The summed E-state index contributed by atoms with van der Waals surface area (Å²) in [7, 11) is 0. The van der Waals surface area contributed by atoms with E-state index in [-0.39, 0.29) is 29.6 Å². The van der Waals surface area contributed by atoms with Crippen LogP contribution in [0.2, 0.25) is 0 Å². The van der Waals surface area contributed by atoms with E-state index in [4.69, 9.17) is 14.2 Å². The predicted molar refractivity (Wildman–Crippen MR) is 129 cm³/mol. The summed E-state index contributed by atoms with van der Waals surface area (Å²) < 4.78 is 16.7. The highest BCUT2D eigenvalue weighted by Crippen LogP contribution is 2.31. The van der Waals surface area contributed by atoms with Gasteiger partial charge in [0.05, 0.1) is 16.5 Å². The summed E-state index contributed by atoms with van der Waals surface area (Å²) in [5, 5.41) is 21.6. The van der Waals surface area contributed by atoms with Crippen molar-refractivity contribution in [2.24, 2.45) is 4.99 Å². The second kappa shape index (κ2) is 10.5. The minimum Gasteiger partial charge on any atom is -0.490 e. The number of rotatable bonds is 9. The Kier molecular flexibility index (Phi) is 7.00. The Morgan fingerprint density at radius 3 is 2.14 bits per heavy atom. The van der Waals surface area contributed by atoms with Gasteiger partial charge in [-0.3, -0.25) is 20.2 Å². The van der Waals surface area contributed by atoms with Crippen LogP contribution in [-0.4, -0.2) is 28.3 Å². The highest BCUT2D eigenvalue weighted by Gasteiger charge is 2.24. The van der Waals surface area contributed by atoms with Gasteiger partial charge >= 0.3 is 5.97 Å². The molecule has 0 saturated heterocycles. The maximum Gasteiger partial charge on any atom is 0.363 e. The molecule has 0 bridgehead atoms. The Morgan fingerprint density at radius 1 is 0.889 bits per heavy atom. The van der Waals surface area contributed by atoms with Crippen LogP contribution in [-0.2, 0) is 16.1 Å². The van der Waals surface area contributed by atoms with E-state index in [1.165, 1.54) is 42.5 Å². The number of nitrogens with zero attached hydrogens (tertiary/aromatic N) is 3. The molecule has 1 aliphatic heterocycles. The Hall–Kier alpha value is -5.06. The standard InChI is InChI=1S/C25H19N3O8/c1-2-34-23-14-17(5-12-22(23)35-15-16-3-8-19(9-4-16)27(30)31)13-21-25(29)36-24(26-21)18-6-10-20(11-7-18)28(32)33/h3-14H,2,15H2,1H3/b21-13-. The van der Waals surface area contributed by atoms with Crippen LogP contribution >= 0.6 is 0 Å². The molecule has 182 valence electrons. The van der Waals surface area contributed by atoms with Crippen LogP contribution in [0.4, 0.5) is 11.4 Å². The van der Waals surface area contributed by atoms with Crippen LogP contribution in [0.5, 0.6) is 11.5 Å². The van der Waals surface area contributed by atoms with Crippen molar-refractivity contribution < 1.29 is 28.9 Å². The van der Waals surface area contributed by atoms with Crippen molar-refractivity contribution in [1.29, 1.82) is 0 Å².